The standard InChI is InChI=1S/C12H15ClFNS/c1-15-12-7-16-6-9(12)4-8-5-10(14)2-3-11(8)13/h2-3,5,9,12,15H,4,6-7H2,1H3. The highest BCUT2D eigenvalue weighted by molar-refractivity contribution is 7.99. The Morgan fingerprint density at radius 2 is 2.31 bits per heavy atom. The Balaban J connectivity index is 2.11. The summed E-state index contributed by atoms with van der Waals surface area (Å²) in [4.78, 5) is 0. The van der Waals surface area contributed by atoms with E-state index < -0.39 is 0 Å². The van der Waals surface area contributed by atoms with Gasteiger partial charge in [-0.15, -0.1) is 0 Å². The lowest BCUT2D eigenvalue weighted by Crippen LogP contribution is -2.33. The topological polar surface area (TPSA) is 12.0 Å². The van der Waals surface area contributed by atoms with Crippen LogP contribution in [-0.4, -0.2) is 24.6 Å². The highest BCUT2D eigenvalue weighted by Gasteiger charge is 2.27. The second kappa shape index (κ2) is 5.39. The summed E-state index contributed by atoms with van der Waals surface area (Å²) < 4.78 is 13.1. The van der Waals surface area contributed by atoms with E-state index in [0.29, 0.717) is 17.0 Å². The summed E-state index contributed by atoms with van der Waals surface area (Å²) in [6.07, 6.45) is 0.856. The van der Waals surface area contributed by atoms with Crippen LogP contribution in [0.15, 0.2) is 18.2 Å². The molecule has 1 aromatic rings. The fraction of sp³-hybridized carbons (Fsp3) is 0.500. The Hall–Kier alpha value is -0.250. The molecule has 1 N–H and O–H groups in total. The number of halogens is 2. The van der Waals surface area contributed by atoms with Crippen LogP contribution in [0.25, 0.3) is 0 Å². The predicted octanol–water partition coefficient (Wildman–Crippen LogP) is 2.97. The Morgan fingerprint density at radius 3 is 3.06 bits per heavy atom. The maximum Gasteiger partial charge on any atom is 0.123 e. The summed E-state index contributed by atoms with van der Waals surface area (Å²) in [7, 11) is 1.98. The smallest absolute Gasteiger partial charge is 0.123 e. The minimum absolute atomic E-state index is 0.203. The van der Waals surface area contributed by atoms with Gasteiger partial charge in [0.1, 0.15) is 5.82 Å². The molecule has 1 aliphatic rings. The van der Waals surface area contributed by atoms with Crippen molar-refractivity contribution in [2.24, 2.45) is 5.92 Å². The molecule has 0 spiro atoms. The lowest BCUT2D eigenvalue weighted by molar-refractivity contribution is 0.452. The summed E-state index contributed by atoms with van der Waals surface area (Å²) in [6, 6.07) is 5.12. The van der Waals surface area contributed by atoms with Crippen LogP contribution in [0.5, 0.6) is 0 Å². The number of rotatable bonds is 3. The Morgan fingerprint density at radius 1 is 1.50 bits per heavy atom. The molecule has 2 rings (SSSR count). The van der Waals surface area contributed by atoms with Crippen LogP contribution in [0.2, 0.25) is 5.02 Å². The van der Waals surface area contributed by atoms with Crippen molar-refractivity contribution in [1.82, 2.24) is 5.32 Å². The third-order valence-corrected chi connectivity index (χ3v) is 4.69. The molecule has 1 aliphatic heterocycles. The van der Waals surface area contributed by atoms with Crippen molar-refractivity contribution < 1.29 is 4.39 Å². The zero-order chi connectivity index (χ0) is 11.5. The Bertz CT molecular complexity index is 372. The molecule has 88 valence electrons. The van der Waals surface area contributed by atoms with E-state index in [1.165, 1.54) is 6.07 Å². The zero-order valence-corrected chi connectivity index (χ0v) is 10.7. The molecule has 2 unspecified atom stereocenters. The van der Waals surface area contributed by atoms with Crippen molar-refractivity contribution in [3.8, 4) is 0 Å². The molecular weight excluding hydrogens is 245 g/mol. The van der Waals surface area contributed by atoms with Gasteiger partial charge in [0.25, 0.3) is 0 Å². The molecule has 0 aliphatic carbocycles. The maximum absolute atomic E-state index is 13.1. The van der Waals surface area contributed by atoms with E-state index in [9.17, 15) is 4.39 Å². The molecule has 1 fully saturated rings. The molecule has 0 bridgehead atoms. The lowest BCUT2D eigenvalue weighted by Gasteiger charge is -2.18. The van der Waals surface area contributed by atoms with Crippen LogP contribution < -0.4 is 5.32 Å². The van der Waals surface area contributed by atoms with Crippen molar-refractivity contribution in [2.45, 2.75) is 12.5 Å². The fourth-order valence-electron chi connectivity index (χ4n) is 2.10. The molecular formula is C12H15ClFNS. The van der Waals surface area contributed by atoms with E-state index in [4.69, 9.17) is 11.6 Å². The summed E-state index contributed by atoms with van der Waals surface area (Å²) in [6.45, 7) is 0. The van der Waals surface area contributed by atoms with Gasteiger partial charge in [-0.1, -0.05) is 11.6 Å². The van der Waals surface area contributed by atoms with E-state index >= 15 is 0 Å². The normalized spacial score (nSPS) is 24.9. The van der Waals surface area contributed by atoms with Gasteiger partial charge in [0.15, 0.2) is 0 Å². The third kappa shape index (κ3) is 2.70. The Labute approximate surface area is 105 Å². The first-order valence-corrected chi connectivity index (χ1v) is 6.93. The second-order valence-electron chi connectivity index (χ2n) is 4.13. The van der Waals surface area contributed by atoms with E-state index in [1.807, 2.05) is 18.8 Å². The van der Waals surface area contributed by atoms with Crippen LogP contribution in [0.3, 0.4) is 0 Å². The van der Waals surface area contributed by atoms with Gasteiger partial charge in [-0.05, 0) is 48.9 Å². The van der Waals surface area contributed by atoms with Gasteiger partial charge >= 0.3 is 0 Å². The number of benzene rings is 1. The summed E-state index contributed by atoms with van der Waals surface area (Å²) in [5.41, 5.74) is 0.925. The molecule has 4 heteroatoms. The molecule has 2 atom stereocenters. The van der Waals surface area contributed by atoms with E-state index in [0.717, 1.165) is 23.5 Å². The number of nitrogens with one attached hydrogen (secondary N) is 1. The van der Waals surface area contributed by atoms with Gasteiger partial charge in [0.05, 0.1) is 0 Å². The first-order chi connectivity index (χ1) is 7.70. The quantitative estimate of drug-likeness (QED) is 0.896. The highest BCUT2D eigenvalue weighted by atomic mass is 35.5. The number of thioether (sulfide) groups is 1. The minimum Gasteiger partial charge on any atom is -0.316 e. The summed E-state index contributed by atoms with van der Waals surface area (Å²) in [5, 5.41) is 3.98. The first-order valence-electron chi connectivity index (χ1n) is 5.39. The van der Waals surface area contributed by atoms with Gasteiger partial charge in [-0.2, -0.15) is 11.8 Å². The second-order valence-corrected chi connectivity index (χ2v) is 5.61. The largest absolute Gasteiger partial charge is 0.316 e. The average molecular weight is 260 g/mol. The molecule has 1 heterocycles. The minimum atomic E-state index is -0.203. The van der Waals surface area contributed by atoms with Crippen LogP contribution in [-0.2, 0) is 6.42 Å². The zero-order valence-electron chi connectivity index (χ0n) is 9.17. The molecule has 1 saturated heterocycles. The van der Waals surface area contributed by atoms with E-state index in [2.05, 4.69) is 5.32 Å². The van der Waals surface area contributed by atoms with Crippen molar-refractivity contribution in [3.05, 3.63) is 34.6 Å². The number of hydrogen-bond acceptors (Lipinski definition) is 2. The SMILES string of the molecule is CNC1CSCC1Cc1cc(F)ccc1Cl. The van der Waals surface area contributed by atoms with Crippen LogP contribution in [0, 0.1) is 11.7 Å². The fourth-order valence-corrected chi connectivity index (χ4v) is 3.78. The van der Waals surface area contributed by atoms with Crippen molar-refractivity contribution in [3.63, 3.8) is 0 Å². The predicted molar refractivity (Wildman–Crippen MR) is 68.8 cm³/mol. The first kappa shape index (κ1) is 12.2. The van der Waals surface area contributed by atoms with Gasteiger partial charge in [0, 0.05) is 16.8 Å². The lowest BCUT2D eigenvalue weighted by atomic mass is 9.95. The average Bonchev–Trinajstić information content (AvgIpc) is 2.71. The molecule has 1 aromatic carbocycles. The van der Waals surface area contributed by atoms with Crippen molar-refractivity contribution in [1.29, 1.82) is 0 Å². The van der Waals surface area contributed by atoms with E-state index in [-0.39, 0.29) is 5.82 Å². The molecule has 0 amide bonds. The third-order valence-electron chi connectivity index (χ3n) is 3.06. The van der Waals surface area contributed by atoms with E-state index in [1.54, 1.807) is 12.1 Å². The number of hydrogen-bond donors (Lipinski definition) is 1. The van der Waals surface area contributed by atoms with Gasteiger partial charge < -0.3 is 5.32 Å². The maximum atomic E-state index is 13.1. The highest BCUT2D eigenvalue weighted by Crippen LogP contribution is 2.29. The van der Waals surface area contributed by atoms with Gasteiger partial charge in [-0.3, -0.25) is 0 Å². The van der Waals surface area contributed by atoms with Crippen LogP contribution in [0.1, 0.15) is 5.56 Å². The Kier molecular flexibility index (Phi) is 4.11. The molecule has 16 heavy (non-hydrogen) atoms. The van der Waals surface area contributed by atoms with Gasteiger partial charge in [-0.25, -0.2) is 4.39 Å². The van der Waals surface area contributed by atoms with Crippen molar-refractivity contribution in [2.75, 3.05) is 18.6 Å². The van der Waals surface area contributed by atoms with Crippen LogP contribution in [0.4, 0.5) is 4.39 Å². The van der Waals surface area contributed by atoms with Crippen molar-refractivity contribution >= 4 is 23.4 Å². The summed E-state index contributed by atoms with van der Waals surface area (Å²) in [5.74, 6) is 2.60. The molecule has 0 radical (unpaired) electrons. The molecule has 0 saturated carbocycles. The monoisotopic (exact) mass is 259 g/mol. The molecule has 1 nitrogen and oxygen atoms in total. The van der Waals surface area contributed by atoms with Crippen LogP contribution >= 0.6 is 23.4 Å². The van der Waals surface area contributed by atoms with Gasteiger partial charge in [0.2, 0.25) is 0 Å². The summed E-state index contributed by atoms with van der Waals surface area (Å²) >= 11 is 8.02. The molecule has 0 aromatic heterocycles.